The molecule has 7 heteroatoms. The van der Waals surface area contributed by atoms with Crippen molar-refractivity contribution in [3.05, 3.63) is 65.2 Å². The molecule has 6 nitrogen and oxygen atoms in total. The fourth-order valence-electron chi connectivity index (χ4n) is 4.35. The summed E-state index contributed by atoms with van der Waals surface area (Å²) in [4.78, 5) is 32.5. The number of ether oxygens (including phenoxy) is 1. The number of amides is 2. The van der Waals surface area contributed by atoms with E-state index in [1.807, 2.05) is 29.3 Å². The quantitative estimate of drug-likeness (QED) is 0.610. The maximum absolute atomic E-state index is 13.4. The Morgan fingerprint density at radius 2 is 2.06 bits per heavy atom. The van der Waals surface area contributed by atoms with E-state index in [-0.39, 0.29) is 30.3 Å². The highest BCUT2D eigenvalue weighted by molar-refractivity contribution is 5.78. The number of carbonyl (C=O) groups excluding carboxylic acids is 2. The molecule has 1 aromatic carbocycles. The van der Waals surface area contributed by atoms with Crippen molar-refractivity contribution in [2.45, 2.75) is 38.1 Å². The molecule has 0 saturated carbocycles. The van der Waals surface area contributed by atoms with E-state index in [4.69, 9.17) is 4.74 Å². The number of benzene rings is 1. The maximum Gasteiger partial charge on any atom is 0.249 e. The van der Waals surface area contributed by atoms with Crippen LogP contribution in [0.15, 0.2) is 42.6 Å². The SMILES string of the molecule is O=C1CCCN1CCOCC(=O)N1CCC[C@@H]1c1ccc(Cc2cccc(F)c2)cn1. The molecular weight excluding hydrogens is 397 g/mol. The first-order valence-corrected chi connectivity index (χ1v) is 10.9. The maximum atomic E-state index is 13.4. The van der Waals surface area contributed by atoms with E-state index in [0.29, 0.717) is 32.5 Å². The van der Waals surface area contributed by atoms with Crippen molar-refractivity contribution < 1.29 is 18.7 Å². The summed E-state index contributed by atoms with van der Waals surface area (Å²) in [6.45, 7) is 2.43. The van der Waals surface area contributed by atoms with Crippen LogP contribution in [-0.2, 0) is 20.7 Å². The second-order valence-corrected chi connectivity index (χ2v) is 8.18. The number of aromatic nitrogens is 1. The van der Waals surface area contributed by atoms with Gasteiger partial charge in [-0.3, -0.25) is 14.6 Å². The summed E-state index contributed by atoms with van der Waals surface area (Å²) >= 11 is 0. The van der Waals surface area contributed by atoms with E-state index in [9.17, 15) is 14.0 Å². The standard InChI is InChI=1S/C24H28FN3O3/c25-20-5-1-4-18(15-20)14-19-8-9-21(26-16-19)22-6-2-11-28(22)24(30)17-31-13-12-27-10-3-7-23(27)29/h1,4-5,8-9,15-16,22H,2-3,6-7,10-14,17H2/t22-/m1/s1. The minimum absolute atomic E-state index is 0.0240. The van der Waals surface area contributed by atoms with Crippen LogP contribution in [0.25, 0.3) is 0 Å². The zero-order valence-corrected chi connectivity index (χ0v) is 17.6. The number of nitrogens with zero attached hydrogens (tertiary/aromatic N) is 3. The lowest BCUT2D eigenvalue weighted by Crippen LogP contribution is -2.35. The molecule has 1 aromatic heterocycles. The highest BCUT2D eigenvalue weighted by Crippen LogP contribution is 2.31. The van der Waals surface area contributed by atoms with Crippen molar-refractivity contribution >= 4 is 11.8 Å². The lowest BCUT2D eigenvalue weighted by molar-refractivity contribution is -0.137. The van der Waals surface area contributed by atoms with Gasteiger partial charge in [-0.2, -0.15) is 0 Å². The first-order chi connectivity index (χ1) is 15.1. The zero-order chi connectivity index (χ0) is 21.6. The van der Waals surface area contributed by atoms with Gasteiger partial charge in [-0.25, -0.2) is 4.39 Å². The number of pyridine rings is 1. The van der Waals surface area contributed by atoms with Gasteiger partial charge in [-0.1, -0.05) is 18.2 Å². The van der Waals surface area contributed by atoms with Crippen molar-refractivity contribution in [2.75, 3.05) is 32.8 Å². The number of hydrogen-bond acceptors (Lipinski definition) is 4. The van der Waals surface area contributed by atoms with Crippen LogP contribution in [0.5, 0.6) is 0 Å². The Labute approximate surface area is 182 Å². The van der Waals surface area contributed by atoms with Crippen LogP contribution in [-0.4, -0.2) is 59.4 Å². The Bertz CT molecular complexity index is 919. The summed E-state index contributed by atoms with van der Waals surface area (Å²) in [5, 5.41) is 0. The van der Waals surface area contributed by atoms with Crippen LogP contribution in [0.2, 0.25) is 0 Å². The van der Waals surface area contributed by atoms with Crippen LogP contribution in [0.1, 0.15) is 48.5 Å². The molecule has 0 unspecified atom stereocenters. The van der Waals surface area contributed by atoms with Gasteiger partial charge in [0.2, 0.25) is 11.8 Å². The molecule has 1 atom stereocenters. The Kier molecular flexibility index (Phi) is 6.92. The number of rotatable bonds is 8. The molecule has 2 aliphatic rings. The first kappa shape index (κ1) is 21.4. The van der Waals surface area contributed by atoms with Gasteiger partial charge < -0.3 is 14.5 Å². The van der Waals surface area contributed by atoms with Crippen LogP contribution >= 0.6 is 0 Å². The second kappa shape index (κ2) is 10.0. The third-order valence-electron chi connectivity index (χ3n) is 5.96. The Morgan fingerprint density at radius 3 is 2.81 bits per heavy atom. The Hall–Kier alpha value is -2.80. The van der Waals surface area contributed by atoms with Crippen molar-refractivity contribution in [1.82, 2.24) is 14.8 Å². The molecule has 3 heterocycles. The van der Waals surface area contributed by atoms with Gasteiger partial charge in [0.05, 0.1) is 18.3 Å². The average Bonchev–Trinajstić information content (AvgIpc) is 3.41. The minimum atomic E-state index is -0.239. The van der Waals surface area contributed by atoms with Gasteiger partial charge in [-0.05, 0) is 55.0 Å². The van der Waals surface area contributed by atoms with Crippen molar-refractivity contribution in [3.63, 3.8) is 0 Å². The van der Waals surface area contributed by atoms with E-state index >= 15 is 0 Å². The number of likely N-dealkylation sites (tertiary alicyclic amines) is 2. The molecule has 0 aliphatic carbocycles. The summed E-state index contributed by atoms with van der Waals surface area (Å²) < 4.78 is 18.9. The number of hydrogen-bond donors (Lipinski definition) is 0. The highest BCUT2D eigenvalue weighted by Gasteiger charge is 2.30. The lowest BCUT2D eigenvalue weighted by atomic mass is 10.0. The summed E-state index contributed by atoms with van der Waals surface area (Å²) in [5.74, 6) is -0.112. The van der Waals surface area contributed by atoms with E-state index in [2.05, 4.69) is 4.98 Å². The van der Waals surface area contributed by atoms with Crippen molar-refractivity contribution in [3.8, 4) is 0 Å². The van der Waals surface area contributed by atoms with Gasteiger partial charge >= 0.3 is 0 Å². The van der Waals surface area contributed by atoms with Gasteiger partial charge in [-0.15, -0.1) is 0 Å². The fourth-order valence-corrected chi connectivity index (χ4v) is 4.35. The third-order valence-corrected chi connectivity index (χ3v) is 5.96. The van der Waals surface area contributed by atoms with E-state index in [0.717, 1.165) is 42.6 Å². The zero-order valence-electron chi connectivity index (χ0n) is 17.6. The monoisotopic (exact) mass is 425 g/mol. The Morgan fingerprint density at radius 1 is 1.16 bits per heavy atom. The third kappa shape index (κ3) is 5.47. The highest BCUT2D eigenvalue weighted by atomic mass is 19.1. The van der Waals surface area contributed by atoms with Crippen LogP contribution < -0.4 is 0 Å². The molecule has 2 amide bonds. The molecule has 31 heavy (non-hydrogen) atoms. The average molecular weight is 426 g/mol. The summed E-state index contributed by atoms with van der Waals surface area (Å²) in [5.41, 5.74) is 2.78. The van der Waals surface area contributed by atoms with Crippen LogP contribution in [0, 0.1) is 5.82 Å². The second-order valence-electron chi connectivity index (χ2n) is 8.18. The molecule has 4 rings (SSSR count). The predicted octanol–water partition coefficient (Wildman–Crippen LogP) is 3.11. The van der Waals surface area contributed by atoms with Gasteiger partial charge in [0.25, 0.3) is 0 Å². The van der Waals surface area contributed by atoms with E-state index in [1.54, 1.807) is 11.0 Å². The molecule has 2 aliphatic heterocycles. The fraction of sp³-hybridized carbons (Fsp3) is 0.458. The van der Waals surface area contributed by atoms with Crippen LogP contribution in [0.4, 0.5) is 4.39 Å². The molecule has 164 valence electrons. The van der Waals surface area contributed by atoms with Gasteiger partial charge in [0.1, 0.15) is 12.4 Å². The molecule has 0 N–H and O–H groups in total. The molecular formula is C24H28FN3O3. The lowest BCUT2D eigenvalue weighted by Gasteiger charge is -2.24. The van der Waals surface area contributed by atoms with E-state index in [1.165, 1.54) is 12.1 Å². The number of carbonyl (C=O) groups is 2. The molecule has 0 spiro atoms. The summed E-state index contributed by atoms with van der Waals surface area (Å²) in [6, 6.07) is 10.5. The van der Waals surface area contributed by atoms with E-state index < -0.39 is 0 Å². The van der Waals surface area contributed by atoms with Crippen LogP contribution in [0.3, 0.4) is 0 Å². The molecule has 0 radical (unpaired) electrons. The molecule has 2 aromatic rings. The molecule has 0 bridgehead atoms. The minimum Gasteiger partial charge on any atom is -0.370 e. The van der Waals surface area contributed by atoms with Crippen molar-refractivity contribution in [2.24, 2.45) is 0 Å². The van der Waals surface area contributed by atoms with Gasteiger partial charge in [0.15, 0.2) is 0 Å². The Balaban J connectivity index is 1.29. The largest absolute Gasteiger partial charge is 0.370 e. The van der Waals surface area contributed by atoms with Crippen molar-refractivity contribution in [1.29, 1.82) is 0 Å². The smallest absolute Gasteiger partial charge is 0.249 e. The van der Waals surface area contributed by atoms with Gasteiger partial charge in [0, 0.05) is 32.3 Å². The first-order valence-electron chi connectivity index (χ1n) is 10.9. The number of halogens is 1. The molecule has 2 saturated heterocycles. The normalized spacial score (nSPS) is 18.7. The summed E-state index contributed by atoms with van der Waals surface area (Å²) in [7, 11) is 0. The predicted molar refractivity (Wildman–Crippen MR) is 114 cm³/mol. The molecule has 2 fully saturated rings. The summed E-state index contributed by atoms with van der Waals surface area (Å²) in [6.07, 6.45) is 5.76. The topological polar surface area (TPSA) is 62.7 Å².